The van der Waals surface area contributed by atoms with Gasteiger partial charge in [-0.1, -0.05) is 23.7 Å². The van der Waals surface area contributed by atoms with Gasteiger partial charge in [-0.2, -0.15) is 23.5 Å². The quantitative estimate of drug-likeness (QED) is 0.459. The number of carboxylic acids is 1. The van der Waals surface area contributed by atoms with Gasteiger partial charge in [0.1, 0.15) is 6.07 Å². The van der Waals surface area contributed by atoms with Crippen molar-refractivity contribution in [2.45, 2.75) is 38.9 Å². The lowest BCUT2D eigenvalue weighted by Crippen LogP contribution is -2.34. The van der Waals surface area contributed by atoms with Crippen molar-refractivity contribution < 1.29 is 27.9 Å². The maximum Gasteiger partial charge on any atom is 0.490 e. The van der Waals surface area contributed by atoms with E-state index in [-0.39, 0.29) is 5.91 Å². The molecule has 212 valence electrons. The molecule has 40 heavy (non-hydrogen) atoms. The Kier molecular flexibility index (Phi) is 9.60. The molecule has 12 heteroatoms. The normalized spacial score (nSPS) is 15.0. The summed E-state index contributed by atoms with van der Waals surface area (Å²) in [7, 11) is 4.13. The highest BCUT2D eigenvalue weighted by Crippen LogP contribution is 2.25. The van der Waals surface area contributed by atoms with Gasteiger partial charge in [-0.3, -0.25) is 4.79 Å². The number of carboxylic acid groups (broad SMARTS) is 1. The summed E-state index contributed by atoms with van der Waals surface area (Å²) in [6.45, 7) is 5.59. The van der Waals surface area contributed by atoms with E-state index < -0.39 is 12.1 Å². The molecule has 0 bridgehead atoms. The monoisotopic (exact) mass is 575 g/mol. The SMILES string of the molecule is Cc1nn(-c2ccc(C#N)c(Cl)c2)c(C)c1Cc1cccc(C(=O)N2CCC(N(C)C)C2)c1.O=C(O)C(F)(F)F. The molecule has 8 nitrogen and oxygen atoms in total. The first-order valence-electron chi connectivity index (χ1n) is 12.3. The van der Waals surface area contributed by atoms with Gasteiger partial charge in [-0.25, -0.2) is 9.48 Å². The molecule has 0 radical (unpaired) electrons. The molecule has 0 aliphatic carbocycles. The van der Waals surface area contributed by atoms with Crippen LogP contribution in [-0.4, -0.2) is 76.0 Å². The van der Waals surface area contributed by atoms with Crippen LogP contribution in [0.2, 0.25) is 5.02 Å². The van der Waals surface area contributed by atoms with Crippen molar-refractivity contribution in [2.75, 3.05) is 27.2 Å². The Hall–Kier alpha value is -3.88. The summed E-state index contributed by atoms with van der Waals surface area (Å²) in [4.78, 5) is 26.1. The number of aliphatic carboxylic acids is 1. The van der Waals surface area contributed by atoms with Crippen LogP contribution in [-0.2, 0) is 11.2 Å². The first kappa shape index (κ1) is 30.7. The van der Waals surface area contributed by atoms with Gasteiger partial charge in [0.15, 0.2) is 0 Å². The molecule has 3 aromatic rings. The number of aromatic nitrogens is 2. The van der Waals surface area contributed by atoms with Crippen LogP contribution in [0.5, 0.6) is 0 Å². The third kappa shape index (κ3) is 7.20. The van der Waals surface area contributed by atoms with Gasteiger partial charge in [-0.15, -0.1) is 0 Å². The minimum Gasteiger partial charge on any atom is -0.475 e. The first-order chi connectivity index (χ1) is 18.7. The minimum atomic E-state index is -5.08. The summed E-state index contributed by atoms with van der Waals surface area (Å²) in [5, 5.41) is 21.4. The fourth-order valence-corrected chi connectivity index (χ4v) is 4.67. The number of hydrogen-bond donors (Lipinski definition) is 1. The van der Waals surface area contributed by atoms with Crippen LogP contribution < -0.4 is 0 Å². The van der Waals surface area contributed by atoms with E-state index >= 15 is 0 Å². The highest BCUT2D eigenvalue weighted by Gasteiger charge is 2.38. The first-order valence-corrected chi connectivity index (χ1v) is 12.7. The van der Waals surface area contributed by atoms with Crippen LogP contribution in [0, 0.1) is 25.2 Å². The molecule has 0 spiro atoms. The minimum absolute atomic E-state index is 0.0950. The lowest BCUT2D eigenvalue weighted by molar-refractivity contribution is -0.192. The molecule has 1 fully saturated rings. The standard InChI is InChI=1S/C26H28ClN5O.C2HF3O2/c1-17-24(18(2)32(29-17)22-9-8-21(15-28)25(27)14-22)13-19-6-5-7-20(12-19)26(33)31-11-10-23(16-31)30(3)4;3-2(4,5)1(6)7/h5-9,12,14,23H,10-11,13,16H2,1-4H3;(H,6,7). The maximum atomic E-state index is 13.1. The molecular weight excluding hydrogens is 547 g/mol. The number of likely N-dealkylation sites (tertiary alicyclic amines) is 1. The summed E-state index contributed by atoms with van der Waals surface area (Å²) in [6, 6.07) is 15.7. The summed E-state index contributed by atoms with van der Waals surface area (Å²) in [5.41, 5.74) is 6.13. The Labute approximate surface area is 235 Å². The second-order valence-corrected chi connectivity index (χ2v) is 10.1. The molecule has 1 aliphatic heterocycles. The number of carbonyl (C=O) groups excluding carboxylic acids is 1. The Bertz CT molecular complexity index is 1450. The highest BCUT2D eigenvalue weighted by molar-refractivity contribution is 6.31. The van der Waals surface area contributed by atoms with Gasteiger partial charge in [0, 0.05) is 42.4 Å². The maximum absolute atomic E-state index is 13.1. The van der Waals surface area contributed by atoms with Crippen molar-refractivity contribution in [1.82, 2.24) is 19.6 Å². The Balaban J connectivity index is 0.000000559. The van der Waals surface area contributed by atoms with E-state index in [4.69, 9.17) is 31.9 Å². The lowest BCUT2D eigenvalue weighted by atomic mass is 10.0. The largest absolute Gasteiger partial charge is 0.490 e. The van der Waals surface area contributed by atoms with Gasteiger partial charge in [0.05, 0.1) is 22.0 Å². The molecule has 1 N–H and O–H groups in total. The van der Waals surface area contributed by atoms with Gasteiger partial charge in [-0.05, 0) is 70.3 Å². The number of benzene rings is 2. The predicted molar refractivity (Wildman–Crippen MR) is 144 cm³/mol. The van der Waals surface area contributed by atoms with Crippen molar-refractivity contribution in [3.63, 3.8) is 0 Å². The zero-order valence-electron chi connectivity index (χ0n) is 22.5. The molecule has 2 aromatic carbocycles. The van der Waals surface area contributed by atoms with Crippen LogP contribution in [0.4, 0.5) is 13.2 Å². The molecule has 1 unspecified atom stereocenters. The molecule has 4 rings (SSSR count). The molecule has 1 aliphatic rings. The van der Waals surface area contributed by atoms with Crippen LogP contribution in [0.15, 0.2) is 42.5 Å². The molecule has 2 heterocycles. The van der Waals surface area contributed by atoms with E-state index in [1.165, 1.54) is 0 Å². The van der Waals surface area contributed by atoms with E-state index in [2.05, 4.69) is 31.1 Å². The van der Waals surface area contributed by atoms with Crippen molar-refractivity contribution >= 4 is 23.5 Å². The van der Waals surface area contributed by atoms with E-state index in [0.717, 1.165) is 53.3 Å². The number of nitriles is 1. The number of amides is 1. The molecule has 0 saturated carbocycles. The third-order valence-electron chi connectivity index (χ3n) is 6.74. The lowest BCUT2D eigenvalue weighted by Gasteiger charge is -2.20. The van der Waals surface area contributed by atoms with Gasteiger partial charge in [0.2, 0.25) is 0 Å². The van der Waals surface area contributed by atoms with E-state index in [1.54, 1.807) is 12.1 Å². The topological polar surface area (TPSA) is 102 Å². The van der Waals surface area contributed by atoms with Gasteiger partial charge < -0.3 is 14.9 Å². The predicted octanol–water partition coefficient (Wildman–Crippen LogP) is 5.01. The van der Waals surface area contributed by atoms with Gasteiger partial charge >= 0.3 is 12.1 Å². The molecule has 1 aromatic heterocycles. The number of hydrogen-bond acceptors (Lipinski definition) is 5. The van der Waals surface area contributed by atoms with Crippen molar-refractivity contribution in [3.8, 4) is 11.8 Å². The van der Waals surface area contributed by atoms with Crippen molar-refractivity contribution in [1.29, 1.82) is 5.26 Å². The summed E-state index contributed by atoms with van der Waals surface area (Å²) in [5.74, 6) is -2.66. The number of nitrogens with zero attached hydrogens (tertiary/aromatic N) is 5. The third-order valence-corrected chi connectivity index (χ3v) is 7.05. The molecule has 1 amide bonds. The average Bonchev–Trinajstić information content (AvgIpc) is 3.50. The number of alkyl halides is 3. The number of rotatable bonds is 5. The number of halogens is 4. The summed E-state index contributed by atoms with van der Waals surface area (Å²) in [6.07, 6.45) is -3.39. The summed E-state index contributed by atoms with van der Waals surface area (Å²) >= 11 is 6.23. The molecular formula is C28H29ClF3N5O3. The Morgan fingerprint density at radius 1 is 1.20 bits per heavy atom. The fourth-order valence-electron chi connectivity index (χ4n) is 4.46. The molecule has 1 saturated heterocycles. The Morgan fingerprint density at radius 3 is 2.42 bits per heavy atom. The van der Waals surface area contributed by atoms with Crippen LogP contribution in [0.1, 0.15) is 44.9 Å². The van der Waals surface area contributed by atoms with Crippen LogP contribution >= 0.6 is 11.6 Å². The zero-order chi connectivity index (χ0) is 29.8. The van der Waals surface area contributed by atoms with Crippen LogP contribution in [0.3, 0.4) is 0 Å². The highest BCUT2D eigenvalue weighted by atomic mass is 35.5. The van der Waals surface area contributed by atoms with Crippen molar-refractivity contribution in [3.05, 3.63) is 81.1 Å². The van der Waals surface area contributed by atoms with E-state index in [1.807, 2.05) is 47.7 Å². The summed E-state index contributed by atoms with van der Waals surface area (Å²) < 4.78 is 33.6. The van der Waals surface area contributed by atoms with Crippen molar-refractivity contribution in [2.24, 2.45) is 0 Å². The number of likely N-dealkylation sites (N-methyl/N-ethyl adjacent to an activating group) is 1. The Morgan fingerprint density at radius 2 is 1.88 bits per heavy atom. The zero-order valence-corrected chi connectivity index (χ0v) is 23.2. The number of aryl methyl sites for hydroxylation is 1. The van der Waals surface area contributed by atoms with E-state index in [0.29, 0.717) is 23.0 Å². The van der Waals surface area contributed by atoms with Crippen LogP contribution in [0.25, 0.3) is 5.69 Å². The average molecular weight is 576 g/mol. The second kappa shape index (κ2) is 12.5. The van der Waals surface area contributed by atoms with Gasteiger partial charge in [0.25, 0.3) is 5.91 Å². The second-order valence-electron chi connectivity index (χ2n) is 9.67. The molecule has 1 atom stereocenters. The van der Waals surface area contributed by atoms with E-state index in [9.17, 15) is 18.0 Å². The smallest absolute Gasteiger partial charge is 0.475 e. The number of carbonyl (C=O) groups is 2. The fraction of sp³-hybridized carbons (Fsp3) is 0.357.